The van der Waals surface area contributed by atoms with Crippen molar-refractivity contribution < 1.29 is 0 Å². The molecule has 1 aromatic carbocycles. The van der Waals surface area contributed by atoms with E-state index in [0.29, 0.717) is 6.04 Å². The average Bonchev–Trinajstić information content (AvgIpc) is 2.89. The van der Waals surface area contributed by atoms with E-state index in [1.807, 2.05) is 18.3 Å². The van der Waals surface area contributed by atoms with Gasteiger partial charge in [0.15, 0.2) is 0 Å². The van der Waals surface area contributed by atoms with Crippen LogP contribution in [0.1, 0.15) is 29.3 Å². The third kappa shape index (κ3) is 2.68. The van der Waals surface area contributed by atoms with Crippen molar-refractivity contribution in [2.45, 2.75) is 25.3 Å². The minimum absolute atomic E-state index is 0.523. The number of hydrogen-bond acceptors (Lipinski definition) is 3. The average molecular weight is 267 g/mol. The van der Waals surface area contributed by atoms with Crippen molar-refractivity contribution in [3.8, 4) is 0 Å². The summed E-state index contributed by atoms with van der Waals surface area (Å²) in [6.45, 7) is 1.03. The van der Waals surface area contributed by atoms with Crippen molar-refractivity contribution in [3.05, 3.63) is 59.4 Å². The van der Waals surface area contributed by atoms with Crippen molar-refractivity contribution in [3.63, 3.8) is 0 Å². The van der Waals surface area contributed by atoms with Crippen LogP contribution in [-0.2, 0) is 12.8 Å². The lowest BCUT2D eigenvalue weighted by Gasteiger charge is -2.25. The lowest BCUT2D eigenvalue weighted by Crippen LogP contribution is -2.25. The number of fused-ring (bicyclic) bond motifs is 1. The molecule has 0 saturated carbocycles. The molecule has 3 rings (SSSR count). The highest BCUT2D eigenvalue weighted by Gasteiger charge is 2.25. The van der Waals surface area contributed by atoms with E-state index in [-0.39, 0.29) is 0 Å². The van der Waals surface area contributed by atoms with Crippen LogP contribution in [-0.4, -0.2) is 23.5 Å². The summed E-state index contributed by atoms with van der Waals surface area (Å²) in [5.41, 5.74) is 10.8. The molecule has 1 unspecified atom stereocenters. The molecule has 1 aliphatic rings. The molecule has 0 aliphatic heterocycles. The van der Waals surface area contributed by atoms with Gasteiger partial charge in [0.25, 0.3) is 0 Å². The van der Waals surface area contributed by atoms with Gasteiger partial charge in [-0.15, -0.1) is 0 Å². The number of anilines is 1. The van der Waals surface area contributed by atoms with E-state index in [1.165, 1.54) is 17.5 Å². The van der Waals surface area contributed by atoms with E-state index in [9.17, 15) is 0 Å². The summed E-state index contributed by atoms with van der Waals surface area (Å²) < 4.78 is 0. The van der Waals surface area contributed by atoms with Gasteiger partial charge in [-0.2, -0.15) is 0 Å². The van der Waals surface area contributed by atoms with Gasteiger partial charge in [0.05, 0.1) is 0 Å². The number of nitrogens with zero attached hydrogens (tertiary/aromatic N) is 2. The first-order valence-electron chi connectivity index (χ1n) is 7.22. The van der Waals surface area contributed by atoms with E-state index < -0.39 is 0 Å². The Hall–Kier alpha value is -1.87. The van der Waals surface area contributed by atoms with Crippen LogP contribution in [0.3, 0.4) is 0 Å². The number of rotatable bonds is 4. The Kier molecular flexibility index (Phi) is 3.70. The molecule has 1 heterocycles. The highest BCUT2D eigenvalue weighted by atomic mass is 15.1. The van der Waals surface area contributed by atoms with Gasteiger partial charge >= 0.3 is 0 Å². The zero-order valence-electron chi connectivity index (χ0n) is 11.9. The first kappa shape index (κ1) is 13.1. The molecule has 2 N–H and O–H groups in total. The normalized spacial score (nSPS) is 17.4. The van der Waals surface area contributed by atoms with Gasteiger partial charge in [-0.05, 0) is 55.3 Å². The van der Waals surface area contributed by atoms with Gasteiger partial charge in [-0.1, -0.05) is 12.1 Å². The number of nitrogen functional groups attached to an aromatic ring is 1. The first-order valence-corrected chi connectivity index (χ1v) is 7.22. The van der Waals surface area contributed by atoms with E-state index in [2.05, 4.69) is 41.2 Å². The molecule has 3 nitrogen and oxygen atoms in total. The van der Waals surface area contributed by atoms with Gasteiger partial charge in [-0.25, -0.2) is 0 Å². The maximum atomic E-state index is 5.87. The highest BCUT2D eigenvalue weighted by Crippen LogP contribution is 2.35. The third-order valence-electron chi connectivity index (χ3n) is 4.19. The van der Waals surface area contributed by atoms with Crippen LogP contribution in [0.25, 0.3) is 0 Å². The fourth-order valence-electron chi connectivity index (χ4n) is 3.07. The van der Waals surface area contributed by atoms with Crippen LogP contribution in [0.5, 0.6) is 0 Å². The molecule has 0 amide bonds. The fourth-order valence-corrected chi connectivity index (χ4v) is 3.07. The second-order valence-electron chi connectivity index (χ2n) is 5.56. The number of aryl methyl sites for hydroxylation is 1. The molecule has 2 aromatic rings. The number of aromatic nitrogens is 1. The first-order chi connectivity index (χ1) is 9.74. The Morgan fingerprint density at radius 3 is 3.00 bits per heavy atom. The Morgan fingerprint density at radius 2 is 2.20 bits per heavy atom. The van der Waals surface area contributed by atoms with Gasteiger partial charge in [0.2, 0.25) is 0 Å². The summed E-state index contributed by atoms with van der Waals surface area (Å²) >= 11 is 0. The molecule has 104 valence electrons. The van der Waals surface area contributed by atoms with Crippen molar-refractivity contribution >= 4 is 5.69 Å². The molecule has 20 heavy (non-hydrogen) atoms. The van der Waals surface area contributed by atoms with Crippen LogP contribution < -0.4 is 5.73 Å². The molecule has 0 radical (unpaired) electrons. The van der Waals surface area contributed by atoms with Gasteiger partial charge in [-0.3, -0.25) is 9.88 Å². The topological polar surface area (TPSA) is 42.2 Å². The number of pyridine rings is 1. The van der Waals surface area contributed by atoms with Gasteiger partial charge in [0, 0.05) is 36.6 Å². The quantitative estimate of drug-likeness (QED) is 0.866. The standard InChI is InChI=1S/C17H21N3/c1-20(11-9-15-4-2-3-10-19-15)17-8-5-13-12-14(18)6-7-16(13)17/h2-4,6-7,10,12,17H,5,8-9,11,18H2,1H3. The van der Waals surface area contributed by atoms with Gasteiger partial charge in [0.1, 0.15) is 0 Å². The Labute approximate surface area is 120 Å². The van der Waals surface area contributed by atoms with E-state index >= 15 is 0 Å². The summed E-state index contributed by atoms with van der Waals surface area (Å²) in [5, 5.41) is 0. The number of hydrogen-bond donors (Lipinski definition) is 1. The molecule has 0 bridgehead atoms. The molecule has 3 heteroatoms. The minimum atomic E-state index is 0.523. The lowest BCUT2D eigenvalue weighted by atomic mass is 10.1. The smallest absolute Gasteiger partial charge is 0.0416 e. The second kappa shape index (κ2) is 5.63. The zero-order valence-corrected chi connectivity index (χ0v) is 11.9. The van der Waals surface area contributed by atoms with Crippen molar-refractivity contribution in [1.82, 2.24) is 9.88 Å². The fraction of sp³-hybridized carbons (Fsp3) is 0.353. The van der Waals surface area contributed by atoms with E-state index in [0.717, 1.165) is 30.8 Å². The largest absolute Gasteiger partial charge is 0.399 e. The molecular weight excluding hydrogens is 246 g/mol. The molecule has 1 aliphatic carbocycles. The minimum Gasteiger partial charge on any atom is -0.399 e. The third-order valence-corrected chi connectivity index (χ3v) is 4.19. The van der Waals surface area contributed by atoms with Crippen LogP contribution in [0.4, 0.5) is 5.69 Å². The number of likely N-dealkylation sites (N-methyl/N-ethyl adjacent to an activating group) is 1. The van der Waals surface area contributed by atoms with Gasteiger partial charge < -0.3 is 5.73 Å². The van der Waals surface area contributed by atoms with Crippen LogP contribution >= 0.6 is 0 Å². The molecule has 0 fully saturated rings. The van der Waals surface area contributed by atoms with E-state index in [1.54, 1.807) is 0 Å². The molecular formula is C17H21N3. The number of benzene rings is 1. The van der Waals surface area contributed by atoms with E-state index in [4.69, 9.17) is 5.73 Å². The van der Waals surface area contributed by atoms with Crippen molar-refractivity contribution in [1.29, 1.82) is 0 Å². The number of nitrogens with two attached hydrogens (primary N) is 1. The zero-order chi connectivity index (χ0) is 13.9. The lowest BCUT2D eigenvalue weighted by molar-refractivity contribution is 0.246. The molecule has 0 saturated heterocycles. The molecule has 1 aromatic heterocycles. The maximum Gasteiger partial charge on any atom is 0.0416 e. The van der Waals surface area contributed by atoms with Crippen LogP contribution in [0.2, 0.25) is 0 Å². The summed E-state index contributed by atoms with van der Waals surface area (Å²) in [7, 11) is 2.21. The predicted molar refractivity (Wildman–Crippen MR) is 82.5 cm³/mol. The SMILES string of the molecule is CN(CCc1ccccn1)C1CCc2cc(N)ccc21. The van der Waals surface area contributed by atoms with Crippen molar-refractivity contribution in [2.75, 3.05) is 19.3 Å². The molecule has 1 atom stereocenters. The predicted octanol–water partition coefficient (Wildman–Crippen LogP) is 2.83. The van der Waals surface area contributed by atoms with Crippen LogP contribution in [0.15, 0.2) is 42.6 Å². The summed E-state index contributed by atoms with van der Waals surface area (Å²) in [5.74, 6) is 0. The highest BCUT2D eigenvalue weighted by molar-refractivity contribution is 5.47. The summed E-state index contributed by atoms with van der Waals surface area (Å²) in [4.78, 5) is 6.83. The second-order valence-corrected chi connectivity index (χ2v) is 5.56. The summed E-state index contributed by atoms with van der Waals surface area (Å²) in [6, 6.07) is 13.0. The van der Waals surface area contributed by atoms with Crippen molar-refractivity contribution in [2.24, 2.45) is 0 Å². The molecule has 0 spiro atoms. The Morgan fingerprint density at radius 1 is 1.30 bits per heavy atom. The Bertz CT molecular complexity index is 580. The monoisotopic (exact) mass is 267 g/mol. The Balaban J connectivity index is 1.66. The summed E-state index contributed by atoms with van der Waals surface area (Å²) in [6.07, 6.45) is 5.19. The van der Waals surface area contributed by atoms with Crippen LogP contribution in [0, 0.1) is 0 Å². The maximum absolute atomic E-state index is 5.87.